The number of thiocarbonyl (C=S) groups is 1. The summed E-state index contributed by atoms with van der Waals surface area (Å²) in [6, 6.07) is 0. The molecule has 0 aliphatic rings. The van der Waals surface area contributed by atoms with Gasteiger partial charge in [0.25, 0.3) is 0 Å². The Morgan fingerprint density at radius 2 is 2.09 bits per heavy atom. The van der Waals surface area contributed by atoms with Crippen molar-refractivity contribution in [2.45, 2.75) is 27.2 Å². The van der Waals surface area contributed by atoms with Gasteiger partial charge in [0.05, 0.1) is 16.9 Å². The highest BCUT2D eigenvalue weighted by Crippen LogP contribution is 1.90. The van der Waals surface area contributed by atoms with Crippen LogP contribution in [-0.2, 0) is 0 Å². The molecule has 0 aromatic rings. The van der Waals surface area contributed by atoms with Gasteiger partial charge in [-0.25, -0.2) is 4.99 Å². The minimum Gasteiger partial charge on any atom is -0.288 e. The third kappa shape index (κ3) is 3.98. The lowest BCUT2D eigenvalue weighted by Gasteiger charge is -1.99. The van der Waals surface area contributed by atoms with E-state index < -0.39 is 0 Å². The number of hydrogen-bond acceptors (Lipinski definition) is 2. The highest BCUT2D eigenvalue weighted by Gasteiger charge is 1.97. The van der Waals surface area contributed by atoms with Gasteiger partial charge >= 0.3 is 0 Å². The third-order valence-corrected chi connectivity index (χ3v) is 1.46. The van der Waals surface area contributed by atoms with E-state index in [4.69, 9.17) is 0 Å². The van der Waals surface area contributed by atoms with E-state index in [9.17, 15) is 0 Å². The fraction of sp³-hybridized carbons (Fsp3) is 0.625. The molecule has 0 aliphatic heterocycles. The van der Waals surface area contributed by atoms with E-state index in [1.54, 1.807) is 0 Å². The van der Waals surface area contributed by atoms with Gasteiger partial charge in [-0.15, -0.1) is 0 Å². The number of rotatable bonds is 4. The van der Waals surface area contributed by atoms with Crippen molar-refractivity contribution in [3.8, 4) is 0 Å². The highest BCUT2D eigenvalue weighted by atomic mass is 32.1. The average Bonchev–Trinajstić information content (AvgIpc) is 2.00. The topological polar surface area (TPSA) is 24.7 Å². The van der Waals surface area contributed by atoms with Gasteiger partial charge in [0.2, 0.25) is 0 Å². The highest BCUT2D eigenvalue weighted by molar-refractivity contribution is 7.78. The monoisotopic (exact) mass is 170 g/mol. The summed E-state index contributed by atoms with van der Waals surface area (Å²) in [4.78, 5) is 8.27. The molecule has 0 heterocycles. The molecule has 0 bridgehead atoms. The first kappa shape index (κ1) is 10.4. The summed E-state index contributed by atoms with van der Waals surface area (Å²) in [7, 11) is 0. The maximum atomic E-state index is 4.63. The van der Waals surface area contributed by atoms with Crippen molar-refractivity contribution in [3.63, 3.8) is 0 Å². The van der Waals surface area contributed by atoms with Gasteiger partial charge in [0.1, 0.15) is 0 Å². The Balaban J connectivity index is 4.37. The first-order chi connectivity index (χ1) is 5.26. The van der Waals surface area contributed by atoms with E-state index in [-0.39, 0.29) is 0 Å². The smallest absolute Gasteiger partial charge is 0.0901 e. The molecule has 0 saturated carbocycles. The molecule has 0 rings (SSSR count). The number of aliphatic imine (C=N–C) groups is 2. The van der Waals surface area contributed by atoms with Crippen LogP contribution in [0.5, 0.6) is 0 Å². The van der Waals surface area contributed by atoms with Gasteiger partial charge in [-0.3, -0.25) is 4.99 Å². The zero-order valence-corrected chi connectivity index (χ0v) is 8.11. The Bertz CT molecular complexity index is 183. The molecule has 0 radical (unpaired) electrons. The summed E-state index contributed by atoms with van der Waals surface area (Å²) in [6.45, 7) is 6.83. The molecule has 2 nitrogen and oxygen atoms in total. The summed E-state index contributed by atoms with van der Waals surface area (Å²) in [6.07, 6.45) is 0.891. The molecule has 0 amide bonds. The van der Waals surface area contributed by atoms with E-state index >= 15 is 0 Å². The second-order valence-electron chi connectivity index (χ2n) is 2.09. The molecule has 0 atom stereocenters. The van der Waals surface area contributed by atoms with Gasteiger partial charge in [-0.05, 0) is 20.3 Å². The lowest BCUT2D eigenvalue weighted by atomic mass is 10.2. The van der Waals surface area contributed by atoms with Crippen LogP contribution in [0.2, 0.25) is 0 Å². The molecule has 3 heteroatoms. The zero-order chi connectivity index (χ0) is 8.69. The third-order valence-electron chi connectivity index (χ3n) is 1.36. The van der Waals surface area contributed by atoms with Gasteiger partial charge < -0.3 is 0 Å². The van der Waals surface area contributed by atoms with E-state index in [1.807, 2.05) is 20.8 Å². The van der Waals surface area contributed by atoms with E-state index in [2.05, 4.69) is 22.2 Å². The second kappa shape index (κ2) is 6.16. The SMILES string of the molecule is CCN=C(C)C(CC)=NC=S. The standard InChI is InChI=1S/C8H14N2S/c1-4-8(10-6-11)7(3)9-5-2/h6H,4-5H2,1-3H3. The van der Waals surface area contributed by atoms with Gasteiger partial charge in [-0.1, -0.05) is 19.1 Å². The average molecular weight is 170 g/mol. The fourth-order valence-electron chi connectivity index (χ4n) is 0.833. The minimum absolute atomic E-state index is 0.808. The van der Waals surface area contributed by atoms with Crippen LogP contribution in [0.4, 0.5) is 0 Å². The van der Waals surface area contributed by atoms with Crippen molar-refractivity contribution in [1.29, 1.82) is 0 Å². The summed E-state index contributed by atoms with van der Waals surface area (Å²) >= 11 is 4.63. The molecule has 62 valence electrons. The predicted molar refractivity (Wildman–Crippen MR) is 55.0 cm³/mol. The summed E-state index contributed by atoms with van der Waals surface area (Å²) in [5, 5.41) is 0. The van der Waals surface area contributed by atoms with Crippen molar-refractivity contribution in [3.05, 3.63) is 0 Å². The van der Waals surface area contributed by atoms with Crippen LogP contribution in [0.15, 0.2) is 9.98 Å². The van der Waals surface area contributed by atoms with Crippen LogP contribution in [0.25, 0.3) is 0 Å². The van der Waals surface area contributed by atoms with Crippen molar-refractivity contribution in [2.75, 3.05) is 6.54 Å². The van der Waals surface area contributed by atoms with Crippen molar-refractivity contribution in [1.82, 2.24) is 0 Å². The Labute approximate surface area is 73.4 Å². The molecule has 0 N–H and O–H groups in total. The number of hydrogen-bond donors (Lipinski definition) is 0. The van der Waals surface area contributed by atoms with E-state index in [1.165, 1.54) is 5.49 Å². The van der Waals surface area contributed by atoms with E-state index in [0.29, 0.717) is 0 Å². The van der Waals surface area contributed by atoms with Crippen molar-refractivity contribution < 1.29 is 0 Å². The molecular weight excluding hydrogens is 156 g/mol. The van der Waals surface area contributed by atoms with Crippen LogP contribution < -0.4 is 0 Å². The molecule has 0 aliphatic carbocycles. The first-order valence-electron chi connectivity index (χ1n) is 3.78. The Morgan fingerprint density at radius 1 is 1.45 bits per heavy atom. The maximum Gasteiger partial charge on any atom is 0.0901 e. The predicted octanol–water partition coefficient (Wildman–Crippen LogP) is 2.28. The van der Waals surface area contributed by atoms with Crippen LogP contribution in [0.3, 0.4) is 0 Å². The van der Waals surface area contributed by atoms with Crippen LogP contribution in [0.1, 0.15) is 27.2 Å². The Kier molecular flexibility index (Phi) is 5.84. The summed E-state index contributed by atoms with van der Waals surface area (Å²) in [5.41, 5.74) is 3.38. The summed E-state index contributed by atoms with van der Waals surface area (Å²) in [5.74, 6) is 0. The lowest BCUT2D eigenvalue weighted by Crippen LogP contribution is -2.09. The first-order valence-corrected chi connectivity index (χ1v) is 4.25. The summed E-state index contributed by atoms with van der Waals surface area (Å²) < 4.78 is 0. The largest absolute Gasteiger partial charge is 0.288 e. The fourth-order valence-corrected chi connectivity index (χ4v) is 0.960. The van der Waals surface area contributed by atoms with Crippen molar-refractivity contribution in [2.24, 2.45) is 9.98 Å². The molecular formula is C8H14N2S. The number of nitrogens with zero attached hydrogens (tertiary/aromatic N) is 2. The zero-order valence-electron chi connectivity index (χ0n) is 7.29. The maximum absolute atomic E-state index is 4.63. The Hall–Kier alpha value is -0.570. The van der Waals surface area contributed by atoms with E-state index in [0.717, 1.165) is 24.4 Å². The quantitative estimate of drug-likeness (QED) is 0.469. The van der Waals surface area contributed by atoms with Crippen LogP contribution in [0, 0.1) is 0 Å². The minimum atomic E-state index is 0.808. The van der Waals surface area contributed by atoms with Gasteiger partial charge in [0, 0.05) is 6.54 Å². The van der Waals surface area contributed by atoms with Crippen molar-refractivity contribution >= 4 is 29.1 Å². The molecule has 11 heavy (non-hydrogen) atoms. The molecule has 0 aromatic carbocycles. The molecule has 0 aromatic heterocycles. The molecule has 0 saturated heterocycles. The van der Waals surface area contributed by atoms with Gasteiger partial charge in [0.15, 0.2) is 0 Å². The Morgan fingerprint density at radius 3 is 2.45 bits per heavy atom. The second-order valence-corrected chi connectivity index (χ2v) is 2.31. The van der Waals surface area contributed by atoms with Crippen LogP contribution >= 0.6 is 12.2 Å². The normalized spacial score (nSPS) is 13.4. The molecule has 0 unspecified atom stereocenters. The van der Waals surface area contributed by atoms with Crippen LogP contribution in [-0.4, -0.2) is 23.5 Å². The molecule has 0 spiro atoms. The van der Waals surface area contributed by atoms with Gasteiger partial charge in [-0.2, -0.15) is 0 Å². The molecule has 0 fully saturated rings. The lowest BCUT2D eigenvalue weighted by molar-refractivity contribution is 1.13.